The largest absolute Gasteiger partial charge is 0.331 e. The van der Waals surface area contributed by atoms with Gasteiger partial charge >= 0.3 is 6.03 Å². The molecule has 76 valence electrons. The minimum absolute atomic E-state index is 0.101. The third-order valence-electron chi connectivity index (χ3n) is 1.85. The van der Waals surface area contributed by atoms with Gasteiger partial charge in [-0.3, -0.25) is 5.43 Å². The molecule has 1 atom stereocenters. The quantitative estimate of drug-likeness (QED) is 0.397. The Kier molecular flexibility index (Phi) is 3.73. The number of carbonyl (C=O) groups is 1. The van der Waals surface area contributed by atoms with E-state index in [9.17, 15) is 4.79 Å². The molecule has 4 nitrogen and oxygen atoms in total. The van der Waals surface area contributed by atoms with Crippen LogP contribution in [0.2, 0.25) is 5.02 Å². The minimum Gasteiger partial charge on any atom is -0.331 e. The molecule has 0 aliphatic rings. The zero-order valence-corrected chi connectivity index (χ0v) is 8.51. The van der Waals surface area contributed by atoms with E-state index in [1.165, 1.54) is 0 Å². The van der Waals surface area contributed by atoms with Crippen molar-refractivity contribution in [2.24, 2.45) is 5.84 Å². The Morgan fingerprint density at radius 2 is 2.00 bits per heavy atom. The Morgan fingerprint density at radius 1 is 1.43 bits per heavy atom. The zero-order chi connectivity index (χ0) is 10.6. The maximum Gasteiger partial charge on any atom is 0.329 e. The van der Waals surface area contributed by atoms with Crippen molar-refractivity contribution < 1.29 is 4.79 Å². The molecule has 0 saturated carbocycles. The van der Waals surface area contributed by atoms with Crippen LogP contribution < -0.4 is 16.6 Å². The van der Waals surface area contributed by atoms with E-state index in [2.05, 4.69) is 5.32 Å². The van der Waals surface area contributed by atoms with E-state index in [0.717, 1.165) is 5.56 Å². The first kappa shape index (κ1) is 10.8. The number of urea groups is 1. The summed E-state index contributed by atoms with van der Waals surface area (Å²) in [7, 11) is 0. The highest BCUT2D eigenvalue weighted by Crippen LogP contribution is 2.15. The molecule has 2 amide bonds. The van der Waals surface area contributed by atoms with Crippen LogP contribution in [0, 0.1) is 0 Å². The number of hydrogen-bond donors (Lipinski definition) is 3. The highest BCUT2D eigenvalue weighted by atomic mass is 35.5. The molecule has 0 spiro atoms. The zero-order valence-electron chi connectivity index (χ0n) is 7.75. The predicted octanol–water partition coefficient (Wildman–Crippen LogP) is 1.57. The van der Waals surface area contributed by atoms with Gasteiger partial charge < -0.3 is 5.32 Å². The molecule has 0 bridgehead atoms. The number of hydrazine groups is 1. The second-order valence-corrected chi connectivity index (χ2v) is 3.33. The van der Waals surface area contributed by atoms with E-state index in [1.54, 1.807) is 12.1 Å². The van der Waals surface area contributed by atoms with Crippen molar-refractivity contribution in [3.8, 4) is 0 Å². The summed E-state index contributed by atoms with van der Waals surface area (Å²) in [6.45, 7) is 1.86. The molecule has 0 aromatic heterocycles. The summed E-state index contributed by atoms with van der Waals surface area (Å²) in [4.78, 5) is 10.9. The van der Waals surface area contributed by atoms with Crippen LogP contribution in [0.3, 0.4) is 0 Å². The van der Waals surface area contributed by atoms with Crippen LogP contribution in [0.1, 0.15) is 18.5 Å². The van der Waals surface area contributed by atoms with Crippen molar-refractivity contribution in [2.75, 3.05) is 0 Å². The summed E-state index contributed by atoms with van der Waals surface area (Å²) in [6, 6.07) is 6.74. The molecular weight excluding hydrogens is 202 g/mol. The fourth-order valence-electron chi connectivity index (χ4n) is 1.07. The second kappa shape index (κ2) is 4.83. The maximum atomic E-state index is 10.9. The monoisotopic (exact) mass is 213 g/mol. The molecule has 0 fully saturated rings. The van der Waals surface area contributed by atoms with Gasteiger partial charge in [-0.15, -0.1) is 0 Å². The Labute approximate surface area is 87.4 Å². The van der Waals surface area contributed by atoms with E-state index >= 15 is 0 Å². The third kappa shape index (κ3) is 2.90. The summed E-state index contributed by atoms with van der Waals surface area (Å²) < 4.78 is 0. The van der Waals surface area contributed by atoms with E-state index in [4.69, 9.17) is 17.4 Å². The molecule has 0 aliphatic heterocycles. The van der Waals surface area contributed by atoms with Crippen molar-refractivity contribution in [1.29, 1.82) is 0 Å². The molecule has 0 aliphatic carbocycles. The predicted molar refractivity (Wildman–Crippen MR) is 55.7 cm³/mol. The molecule has 0 saturated heterocycles. The molecule has 1 aromatic rings. The first-order chi connectivity index (χ1) is 6.63. The SMILES string of the molecule is CC(NC(=O)NN)c1ccc(Cl)cc1. The van der Waals surface area contributed by atoms with Gasteiger partial charge in [0.2, 0.25) is 0 Å². The first-order valence-corrected chi connectivity index (χ1v) is 4.54. The topological polar surface area (TPSA) is 67.2 Å². The van der Waals surface area contributed by atoms with Gasteiger partial charge in [0.25, 0.3) is 0 Å². The summed E-state index contributed by atoms with van der Waals surface area (Å²) in [5.74, 6) is 4.94. The number of amides is 2. The molecule has 4 N–H and O–H groups in total. The summed E-state index contributed by atoms with van der Waals surface area (Å²) in [5.41, 5.74) is 2.97. The van der Waals surface area contributed by atoms with Crippen LogP contribution >= 0.6 is 11.6 Å². The second-order valence-electron chi connectivity index (χ2n) is 2.89. The summed E-state index contributed by atoms with van der Waals surface area (Å²) in [5, 5.41) is 3.32. The lowest BCUT2D eigenvalue weighted by molar-refractivity contribution is 0.238. The molecular formula is C9H12ClN3O. The van der Waals surface area contributed by atoms with Gasteiger partial charge in [-0.05, 0) is 24.6 Å². The van der Waals surface area contributed by atoms with Gasteiger partial charge in [0.1, 0.15) is 0 Å². The highest BCUT2D eigenvalue weighted by molar-refractivity contribution is 6.30. The molecule has 1 rings (SSSR count). The van der Waals surface area contributed by atoms with Crippen molar-refractivity contribution >= 4 is 17.6 Å². The van der Waals surface area contributed by atoms with Crippen molar-refractivity contribution in [3.63, 3.8) is 0 Å². The first-order valence-electron chi connectivity index (χ1n) is 4.16. The Morgan fingerprint density at radius 3 is 2.50 bits per heavy atom. The maximum absolute atomic E-state index is 10.9. The van der Waals surface area contributed by atoms with Gasteiger partial charge in [0.15, 0.2) is 0 Å². The smallest absolute Gasteiger partial charge is 0.329 e. The fourth-order valence-corrected chi connectivity index (χ4v) is 1.20. The molecule has 1 aromatic carbocycles. The number of carbonyl (C=O) groups excluding carboxylic acids is 1. The normalized spacial score (nSPS) is 11.9. The van der Waals surface area contributed by atoms with Crippen LogP contribution in [0.5, 0.6) is 0 Å². The Balaban J connectivity index is 2.65. The van der Waals surface area contributed by atoms with Gasteiger partial charge in [0, 0.05) is 5.02 Å². The number of halogens is 1. The van der Waals surface area contributed by atoms with Crippen LogP contribution in [0.25, 0.3) is 0 Å². The number of hydrogen-bond acceptors (Lipinski definition) is 2. The summed E-state index contributed by atoms with van der Waals surface area (Å²) >= 11 is 5.73. The average molecular weight is 214 g/mol. The fraction of sp³-hybridized carbons (Fsp3) is 0.222. The van der Waals surface area contributed by atoms with Gasteiger partial charge in [-0.1, -0.05) is 23.7 Å². The third-order valence-corrected chi connectivity index (χ3v) is 2.10. The number of nitrogens with one attached hydrogen (secondary N) is 2. The molecule has 0 heterocycles. The minimum atomic E-state index is -0.410. The van der Waals surface area contributed by atoms with Crippen LogP contribution in [0.15, 0.2) is 24.3 Å². The molecule has 0 radical (unpaired) electrons. The van der Waals surface area contributed by atoms with Crippen molar-refractivity contribution in [1.82, 2.24) is 10.7 Å². The number of benzene rings is 1. The van der Waals surface area contributed by atoms with E-state index in [-0.39, 0.29) is 6.04 Å². The lowest BCUT2D eigenvalue weighted by atomic mass is 10.1. The standard InChI is InChI=1S/C9H12ClN3O/c1-6(12-9(14)13-11)7-2-4-8(10)5-3-7/h2-6H,11H2,1H3,(H2,12,13,14). The van der Waals surface area contributed by atoms with Crippen LogP contribution in [-0.4, -0.2) is 6.03 Å². The number of rotatable bonds is 2. The lowest BCUT2D eigenvalue weighted by Gasteiger charge is -2.13. The van der Waals surface area contributed by atoms with Crippen LogP contribution in [0.4, 0.5) is 4.79 Å². The average Bonchev–Trinajstić information content (AvgIpc) is 2.18. The highest BCUT2D eigenvalue weighted by Gasteiger charge is 2.07. The molecule has 1 unspecified atom stereocenters. The van der Waals surface area contributed by atoms with E-state index < -0.39 is 6.03 Å². The van der Waals surface area contributed by atoms with E-state index in [0.29, 0.717) is 5.02 Å². The van der Waals surface area contributed by atoms with Crippen molar-refractivity contribution in [2.45, 2.75) is 13.0 Å². The Bertz CT molecular complexity index is 312. The number of nitrogens with two attached hydrogens (primary N) is 1. The molecule has 14 heavy (non-hydrogen) atoms. The summed E-state index contributed by atoms with van der Waals surface area (Å²) in [6.07, 6.45) is 0. The molecule has 5 heteroatoms. The Hall–Kier alpha value is -1.26. The van der Waals surface area contributed by atoms with Gasteiger partial charge in [-0.2, -0.15) is 0 Å². The van der Waals surface area contributed by atoms with Gasteiger partial charge in [0.05, 0.1) is 6.04 Å². The lowest BCUT2D eigenvalue weighted by Crippen LogP contribution is -2.40. The van der Waals surface area contributed by atoms with E-state index in [1.807, 2.05) is 24.5 Å². The van der Waals surface area contributed by atoms with Gasteiger partial charge in [-0.25, -0.2) is 10.6 Å². The van der Waals surface area contributed by atoms with Crippen molar-refractivity contribution in [3.05, 3.63) is 34.9 Å². The van der Waals surface area contributed by atoms with Crippen LogP contribution in [-0.2, 0) is 0 Å².